The number of thioether (sulfide) groups is 1. The Morgan fingerprint density at radius 2 is 1.81 bits per heavy atom. The summed E-state index contributed by atoms with van der Waals surface area (Å²) >= 11 is 1.61. The van der Waals surface area contributed by atoms with Gasteiger partial charge in [-0.2, -0.15) is 29.6 Å². The Bertz CT molecular complexity index is 1100. The number of benzene rings is 1. The van der Waals surface area contributed by atoms with E-state index in [1.165, 1.54) is 4.90 Å². The molecule has 2 heterocycles. The number of aromatic nitrogens is 2. The third-order valence-corrected chi connectivity index (χ3v) is 5.39. The van der Waals surface area contributed by atoms with Gasteiger partial charge in [-0.1, -0.05) is 0 Å². The molecule has 148 valence electrons. The van der Waals surface area contributed by atoms with Gasteiger partial charge in [0.2, 0.25) is 10.0 Å². The minimum absolute atomic E-state index is 0.176. The van der Waals surface area contributed by atoms with E-state index in [0.29, 0.717) is 30.7 Å². The second-order valence-corrected chi connectivity index (χ2v) is 8.90. The van der Waals surface area contributed by atoms with Gasteiger partial charge in [-0.3, -0.25) is 4.79 Å². The lowest BCUT2D eigenvalue weighted by molar-refractivity contribution is -0.137. The molecule has 1 aromatic heterocycles. The van der Waals surface area contributed by atoms with Crippen molar-refractivity contribution in [1.29, 1.82) is 0 Å². The summed E-state index contributed by atoms with van der Waals surface area (Å²) in [6.45, 7) is 0.747. The molecule has 1 aliphatic rings. The molecule has 0 aliphatic carbocycles. The molecule has 2 N–H and O–H groups in total. The maximum Gasteiger partial charge on any atom is 0.418 e. The van der Waals surface area contributed by atoms with Gasteiger partial charge in [-0.05, 0) is 12.1 Å². The fourth-order valence-corrected chi connectivity index (χ4v) is 4.19. The molecule has 0 bridgehead atoms. The minimum Gasteiger partial charge on any atom is -0.369 e. The van der Waals surface area contributed by atoms with Crippen LogP contribution in [-0.4, -0.2) is 48.9 Å². The van der Waals surface area contributed by atoms with E-state index in [-0.39, 0.29) is 21.3 Å². The SMILES string of the molecule is CS(=O)(=O)Nn1c(=O)[nH]c2cc(C(F)(F)F)c(N3CCSCC3)cc2c1=O. The number of rotatable bonds is 3. The molecule has 0 saturated carbocycles. The Morgan fingerprint density at radius 1 is 1.19 bits per heavy atom. The Morgan fingerprint density at radius 3 is 2.37 bits per heavy atom. The number of hydrogen-bond donors (Lipinski definition) is 2. The first-order valence-electron chi connectivity index (χ1n) is 7.68. The predicted octanol–water partition coefficient (Wildman–Crippen LogP) is 0.765. The maximum atomic E-state index is 13.5. The average Bonchev–Trinajstić information content (AvgIpc) is 2.57. The molecule has 0 unspecified atom stereocenters. The quantitative estimate of drug-likeness (QED) is 0.754. The number of nitrogens with zero attached hydrogens (tertiary/aromatic N) is 2. The first-order valence-corrected chi connectivity index (χ1v) is 10.7. The largest absolute Gasteiger partial charge is 0.418 e. The third-order valence-electron chi connectivity index (χ3n) is 3.93. The van der Waals surface area contributed by atoms with Crippen LogP contribution in [0.4, 0.5) is 18.9 Å². The van der Waals surface area contributed by atoms with Crippen molar-refractivity contribution in [1.82, 2.24) is 9.66 Å². The Labute approximate surface area is 155 Å². The van der Waals surface area contributed by atoms with E-state index in [2.05, 4.69) is 4.98 Å². The summed E-state index contributed by atoms with van der Waals surface area (Å²) in [4.78, 5) is 29.9. The van der Waals surface area contributed by atoms with Gasteiger partial charge in [-0.15, -0.1) is 0 Å². The molecule has 0 spiro atoms. The highest BCUT2D eigenvalue weighted by Gasteiger charge is 2.36. The van der Waals surface area contributed by atoms with E-state index in [4.69, 9.17) is 0 Å². The van der Waals surface area contributed by atoms with Crippen molar-refractivity contribution in [2.45, 2.75) is 6.18 Å². The summed E-state index contributed by atoms with van der Waals surface area (Å²) in [6, 6.07) is 1.76. The molecule has 0 atom stereocenters. The molecule has 0 amide bonds. The number of nitrogens with one attached hydrogen (secondary N) is 2. The number of H-pyrrole nitrogens is 1. The number of halogens is 3. The van der Waals surface area contributed by atoms with Gasteiger partial charge >= 0.3 is 11.9 Å². The first-order chi connectivity index (χ1) is 12.5. The van der Waals surface area contributed by atoms with Crippen LogP contribution in [0.5, 0.6) is 0 Å². The number of sulfonamides is 1. The van der Waals surface area contributed by atoms with Gasteiger partial charge < -0.3 is 9.88 Å². The first kappa shape index (κ1) is 19.6. The minimum atomic E-state index is -4.69. The number of hydrogen-bond acceptors (Lipinski definition) is 6. The van der Waals surface area contributed by atoms with Crippen molar-refractivity contribution in [3.63, 3.8) is 0 Å². The average molecular weight is 424 g/mol. The number of anilines is 1. The number of alkyl halides is 3. The highest BCUT2D eigenvalue weighted by atomic mass is 32.2. The number of fused-ring (bicyclic) bond motifs is 1. The molecule has 13 heteroatoms. The van der Waals surface area contributed by atoms with Crippen LogP contribution < -0.4 is 21.0 Å². The molecule has 1 saturated heterocycles. The standard InChI is InChI=1S/C14H15F3N4O4S2/c1-27(24,25)19-21-12(22)8-6-11(20-2-4-26-5-3-20)9(14(15,16)17)7-10(8)18-13(21)23/h6-7,19H,2-5H2,1H3,(H,18,23). The lowest BCUT2D eigenvalue weighted by Crippen LogP contribution is -2.43. The van der Waals surface area contributed by atoms with E-state index in [9.17, 15) is 31.2 Å². The van der Waals surface area contributed by atoms with Gasteiger partial charge in [0.05, 0.1) is 22.7 Å². The molecular weight excluding hydrogens is 409 g/mol. The molecule has 27 heavy (non-hydrogen) atoms. The van der Waals surface area contributed by atoms with Crippen molar-refractivity contribution in [2.75, 3.05) is 40.6 Å². The fourth-order valence-electron chi connectivity index (χ4n) is 2.79. The predicted molar refractivity (Wildman–Crippen MR) is 97.6 cm³/mol. The van der Waals surface area contributed by atoms with Crippen LogP contribution in [0, 0.1) is 0 Å². The third kappa shape index (κ3) is 4.08. The van der Waals surface area contributed by atoms with Crippen LogP contribution >= 0.6 is 11.8 Å². The summed E-state index contributed by atoms with van der Waals surface area (Å²) < 4.78 is 63.5. The van der Waals surface area contributed by atoms with Crippen LogP contribution in [-0.2, 0) is 16.2 Å². The second kappa shape index (κ2) is 6.78. The maximum absolute atomic E-state index is 13.5. The monoisotopic (exact) mass is 424 g/mol. The molecule has 1 fully saturated rings. The van der Waals surface area contributed by atoms with Gasteiger partial charge in [0.25, 0.3) is 5.56 Å². The summed E-state index contributed by atoms with van der Waals surface area (Å²) in [5.41, 5.74) is -3.70. The van der Waals surface area contributed by atoms with Gasteiger partial charge in [-0.25, -0.2) is 18.0 Å². The molecule has 3 rings (SSSR count). The van der Waals surface area contributed by atoms with Gasteiger partial charge in [0, 0.05) is 30.3 Å². The van der Waals surface area contributed by atoms with Gasteiger partial charge in [0.1, 0.15) is 0 Å². The van der Waals surface area contributed by atoms with Crippen LogP contribution in [0.1, 0.15) is 5.56 Å². The highest BCUT2D eigenvalue weighted by molar-refractivity contribution is 7.99. The fraction of sp³-hybridized carbons (Fsp3) is 0.429. The normalized spacial score (nSPS) is 15.9. The zero-order valence-electron chi connectivity index (χ0n) is 14.0. The summed E-state index contributed by atoms with van der Waals surface area (Å²) in [5.74, 6) is 1.28. The summed E-state index contributed by atoms with van der Waals surface area (Å²) in [6.07, 6.45) is -3.95. The lowest BCUT2D eigenvalue weighted by atomic mass is 10.1. The molecule has 2 aromatic rings. The molecular formula is C14H15F3N4O4S2. The lowest BCUT2D eigenvalue weighted by Gasteiger charge is -2.31. The Kier molecular flexibility index (Phi) is 4.93. The number of aromatic amines is 1. The van der Waals surface area contributed by atoms with E-state index < -0.39 is 33.0 Å². The topological polar surface area (TPSA) is 104 Å². The van der Waals surface area contributed by atoms with E-state index in [1.807, 2.05) is 0 Å². The van der Waals surface area contributed by atoms with Crippen LogP contribution in [0.15, 0.2) is 21.7 Å². The van der Waals surface area contributed by atoms with Crippen molar-refractivity contribution in [3.05, 3.63) is 38.5 Å². The van der Waals surface area contributed by atoms with E-state index >= 15 is 0 Å². The van der Waals surface area contributed by atoms with Crippen molar-refractivity contribution in [3.8, 4) is 0 Å². The highest BCUT2D eigenvalue weighted by Crippen LogP contribution is 2.38. The molecule has 1 aliphatic heterocycles. The molecule has 0 radical (unpaired) electrons. The Hall–Kier alpha value is -2.15. The van der Waals surface area contributed by atoms with E-state index in [0.717, 1.165) is 12.3 Å². The van der Waals surface area contributed by atoms with Gasteiger partial charge in [0.15, 0.2) is 0 Å². The molecule has 8 nitrogen and oxygen atoms in total. The second-order valence-electron chi connectivity index (χ2n) is 5.95. The van der Waals surface area contributed by atoms with Crippen molar-refractivity contribution < 1.29 is 21.6 Å². The van der Waals surface area contributed by atoms with Crippen LogP contribution in [0.2, 0.25) is 0 Å². The summed E-state index contributed by atoms with van der Waals surface area (Å²) in [7, 11) is -3.95. The van der Waals surface area contributed by atoms with Crippen molar-refractivity contribution >= 4 is 38.4 Å². The molecule has 1 aromatic carbocycles. The zero-order chi connectivity index (χ0) is 20.0. The van der Waals surface area contributed by atoms with Crippen LogP contribution in [0.3, 0.4) is 0 Å². The summed E-state index contributed by atoms with van der Waals surface area (Å²) in [5, 5.41) is -0.230. The van der Waals surface area contributed by atoms with E-state index in [1.54, 1.807) is 16.6 Å². The van der Waals surface area contributed by atoms with Crippen LogP contribution in [0.25, 0.3) is 10.9 Å². The zero-order valence-corrected chi connectivity index (χ0v) is 15.6. The van der Waals surface area contributed by atoms with Crippen molar-refractivity contribution in [2.24, 2.45) is 0 Å². The smallest absolute Gasteiger partial charge is 0.369 e. The Balaban J connectivity index is 2.29.